The van der Waals surface area contributed by atoms with Crippen LogP contribution in [0.3, 0.4) is 0 Å². The zero-order valence-corrected chi connectivity index (χ0v) is 7.74. The fraction of sp³-hybridized carbons (Fsp3) is 0.111. The summed E-state index contributed by atoms with van der Waals surface area (Å²) in [5.41, 5.74) is 0.514. The van der Waals surface area contributed by atoms with Crippen LogP contribution in [0, 0.1) is 0 Å². The van der Waals surface area contributed by atoms with Crippen LogP contribution in [0.2, 0.25) is 0 Å². The van der Waals surface area contributed by atoms with Gasteiger partial charge in [-0.1, -0.05) is 36.4 Å². The molecule has 0 aromatic heterocycles. The Labute approximate surface area is 106 Å². The predicted molar refractivity (Wildman–Crippen MR) is 58.1 cm³/mol. The normalized spacial score (nSPS) is 12.6. The minimum absolute atomic E-state index is 0. The van der Waals surface area contributed by atoms with Gasteiger partial charge in [-0.2, -0.15) is 8.42 Å². The van der Waals surface area contributed by atoms with Crippen LogP contribution in [0.25, 0.3) is 0 Å². The molecule has 0 spiro atoms. The predicted octanol–water partition coefficient (Wildman–Crippen LogP) is 1.15. The van der Waals surface area contributed by atoms with E-state index in [1.54, 1.807) is 30.3 Å². The van der Waals surface area contributed by atoms with Gasteiger partial charge in [0, 0.05) is 0 Å². The second kappa shape index (κ2) is 5.68. The van der Waals surface area contributed by atoms with Gasteiger partial charge in [0.25, 0.3) is 10.1 Å². The fourth-order valence-corrected chi connectivity index (χ4v) is 1.82. The number of benzene rings is 1. The van der Waals surface area contributed by atoms with E-state index in [4.69, 9.17) is 4.55 Å². The second-order valence-corrected chi connectivity index (χ2v) is 4.12. The SMILES string of the molecule is C=CC(c1ccccc1)S(=O)(=O)O.[NaH]. The summed E-state index contributed by atoms with van der Waals surface area (Å²) in [7, 11) is -4.09. The maximum atomic E-state index is 10.8. The molecule has 0 aliphatic carbocycles. The first kappa shape index (κ1) is 13.9. The van der Waals surface area contributed by atoms with Crippen molar-refractivity contribution in [3.8, 4) is 0 Å². The second-order valence-electron chi connectivity index (χ2n) is 2.58. The van der Waals surface area contributed by atoms with E-state index in [-0.39, 0.29) is 29.6 Å². The zero-order valence-electron chi connectivity index (χ0n) is 6.92. The van der Waals surface area contributed by atoms with Crippen LogP contribution >= 0.6 is 0 Å². The van der Waals surface area contributed by atoms with Gasteiger partial charge in [-0.05, 0) is 5.56 Å². The van der Waals surface area contributed by atoms with Crippen molar-refractivity contribution in [2.24, 2.45) is 0 Å². The zero-order chi connectivity index (χ0) is 9.90. The van der Waals surface area contributed by atoms with E-state index in [1.165, 1.54) is 6.08 Å². The average Bonchev–Trinajstić information content (AvgIpc) is 2.05. The summed E-state index contributed by atoms with van der Waals surface area (Å²) < 4.78 is 30.5. The van der Waals surface area contributed by atoms with Gasteiger partial charge >= 0.3 is 29.6 Å². The van der Waals surface area contributed by atoms with Gasteiger partial charge in [0.2, 0.25) is 0 Å². The summed E-state index contributed by atoms with van der Waals surface area (Å²) in [6.07, 6.45) is 1.20. The maximum absolute atomic E-state index is 10.8. The van der Waals surface area contributed by atoms with Gasteiger partial charge in [-0.3, -0.25) is 4.55 Å². The van der Waals surface area contributed by atoms with Crippen molar-refractivity contribution in [3.05, 3.63) is 48.6 Å². The molecule has 0 aliphatic heterocycles. The number of hydrogen-bond acceptors (Lipinski definition) is 2. The summed E-state index contributed by atoms with van der Waals surface area (Å²) in [6.45, 7) is 3.36. The Morgan fingerprint density at radius 2 is 1.79 bits per heavy atom. The third kappa shape index (κ3) is 3.55. The van der Waals surface area contributed by atoms with E-state index in [9.17, 15) is 8.42 Å². The van der Waals surface area contributed by atoms with Crippen molar-refractivity contribution in [2.45, 2.75) is 5.25 Å². The molecule has 72 valence electrons. The molecule has 0 radical (unpaired) electrons. The Morgan fingerprint density at radius 1 is 1.29 bits per heavy atom. The number of hydrogen-bond donors (Lipinski definition) is 1. The molecule has 1 unspecified atom stereocenters. The molecule has 14 heavy (non-hydrogen) atoms. The first-order valence-corrected chi connectivity index (χ1v) is 5.20. The van der Waals surface area contributed by atoms with E-state index in [2.05, 4.69) is 6.58 Å². The van der Waals surface area contributed by atoms with Crippen LogP contribution in [0.4, 0.5) is 0 Å². The van der Waals surface area contributed by atoms with Gasteiger partial charge in [0.15, 0.2) is 0 Å². The van der Waals surface area contributed by atoms with Crippen molar-refractivity contribution in [2.75, 3.05) is 0 Å². The molecule has 0 amide bonds. The van der Waals surface area contributed by atoms with Crippen LogP contribution in [-0.4, -0.2) is 42.5 Å². The van der Waals surface area contributed by atoms with Crippen molar-refractivity contribution in [3.63, 3.8) is 0 Å². The van der Waals surface area contributed by atoms with E-state index in [1.807, 2.05) is 0 Å². The summed E-state index contributed by atoms with van der Waals surface area (Å²) in [6, 6.07) is 8.43. The minimum atomic E-state index is -4.09. The molecule has 0 fully saturated rings. The first-order valence-electron chi connectivity index (χ1n) is 3.69. The molecule has 0 aliphatic rings. The Balaban J connectivity index is 0.00000169. The molecule has 1 aromatic rings. The topological polar surface area (TPSA) is 54.4 Å². The van der Waals surface area contributed by atoms with E-state index in [0.29, 0.717) is 5.56 Å². The fourth-order valence-electron chi connectivity index (χ4n) is 1.07. The van der Waals surface area contributed by atoms with Crippen molar-refractivity contribution in [1.82, 2.24) is 0 Å². The van der Waals surface area contributed by atoms with Crippen LogP contribution < -0.4 is 0 Å². The molecule has 1 atom stereocenters. The molecule has 1 N–H and O–H groups in total. The monoisotopic (exact) mass is 222 g/mol. The van der Waals surface area contributed by atoms with Crippen LogP contribution in [0.15, 0.2) is 43.0 Å². The summed E-state index contributed by atoms with van der Waals surface area (Å²) >= 11 is 0. The summed E-state index contributed by atoms with van der Waals surface area (Å²) in [5, 5.41) is -1.03. The molecule has 0 heterocycles. The Morgan fingerprint density at radius 3 is 2.14 bits per heavy atom. The molecule has 0 saturated heterocycles. The Kier molecular flexibility index (Phi) is 5.63. The summed E-state index contributed by atoms with van der Waals surface area (Å²) in [5.74, 6) is 0. The summed E-state index contributed by atoms with van der Waals surface area (Å²) in [4.78, 5) is 0. The molecular formula is C9H11NaO3S. The Hall–Kier alpha value is -0.130. The number of rotatable bonds is 3. The quantitative estimate of drug-likeness (QED) is 0.474. The van der Waals surface area contributed by atoms with Crippen molar-refractivity contribution < 1.29 is 13.0 Å². The molecule has 0 saturated carbocycles. The van der Waals surface area contributed by atoms with Crippen LogP contribution in [0.5, 0.6) is 0 Å². The third-order valence-corrected chi connectivity index (χ3v) is 2.77. The molecular weight excluding hydrogens is 211 g/mol. The third-order valence-electron chi connectivity index (χ3n) is 1.66. The van der Waals surface area contributed by atoms with E-state index < -0.39 is 15.4 Å². The van der Waals surface area contributed by atoms with Crippen molar-refractivity contribution >= 4 is 39.7 Å². The molecule has 5 heteroatoms. The van der Waals surface area contributed by atoms with Crippen LogP contribution in [0.1, 0.15) is 10.8 Å². The van der Waals surface area contributed by atoms with Crippen LogP contribution in [-0.2, 0) is 10.1 Å². The molecule has 1 rings (SSSR count). The van der Waals surface area contributed by atoms with Gasteiger partial charge < -0.3 is 0 Å². The first-order chi connectivity index (χ1) is 6.05. The molecule has 3 nitrogen and oxygen atoms in total. The van der Waals surface area contributed by atoms with Gasteiger partial charge in [0.1, 0.15) is 5.25 Å². The van der Waals surface area contributed by atoms with Gasteiger partial charge in [-0.15, -0.1) is 6.58 Å². The van der Waals surface area contributed by atoms with Gasteiger partial charge in [-0.25, -0.2) is 0 Å². The molecule has 1 aromatic carbocycles. The van der Waals surface area contributed by atoms with Crippen molar-refractivity contribution in [1.29, 1.82) is 0 Å². The average molecular weight is 222 g/mol. The Bertz CT molecular complexity index is 386. The molecule has 0 bridgehead atoms. The van der Waals surface area contributed by atoms with E-state index in [0.717, 1.165) is 0 Å². The van der Waals surface area contributed by atoms with E-state index >= 15 is 0 Å². The van der Waals surface area contributed by atoms with Gasteiger partial charge in [0.05, 0.1) is 0 Å². The standard InChI is InChI=1S/C9H10O3S.Na.H/c1-2-9(13(10,11)12)8-6-4-3-5-7-8;;/h2-7,9H,1H2,(H,10,11,12);;.